The highest BCUT2D eigenvalue weighted by molar-refractivity contribution is 6.48. The van der Waals surface area contributed by atoms with Gasteiger partial charge in [-0.05, 0) is 34.1 Å². The Morgan fingerprint density at radius 3 is 2.25 bits per heavy atom. The molecule has 2 saturated heterocycles. The molecule has 0 aromatic carbocycles. The van der Waals surface area contributed by atoms with E-state index in [0.29, 0.717) is 13.0 Å². The molecule has 0 aromatic heterocycles. The van der Waals surface area contributed by atoms with Crippen molar-refractivity contribution in [3.63, 3.8) is 0 Å². The third-order valence-corrected chi connectivity index (χ3v) is 3.84. The van der Waals surface area contributed by atoms with E-state index < -0.39 is 0 Å². The minimum Gasteiger partial charge on any atom is -0.466 e. The highest BCUT2D eigenvalue weighted by Crippen LogP contribution is 2.42. The molecule has 0 spiro atoms. The predicted octanol–water partition coefficient (Wildman–Crippen LogP) is 1.79. The van der Waals surface area contributed by atoms with Crippen LogP contribution in [0.5, 0.6) is 0 Å². The number of ether oxygens (including phenoxy) is 1. The van der Waals surface area contributed by atoms with Crippen LogP contribution in [0.1, 0.15) is 40.5 Å². The first-order valence-electron chi connectivity index (χ1n) is 5.83. The van der Waals surface area contributed by atoms with Crippen LogP contribution in [0.15, 0.2) is 0 Å². The molecular formula is C11H19BO4. The molecule has 1 atom stereocenters. The van der Waals surface area contributed by atoms with E-state index in [1.54, 1.807) is 0 Å². The first-order chi connectivity index (χ1) is 7.32. The fourth-order valence-electron chi connectivity index (χ4n) is 2.01. The van der Waals surface area contributed by atoms with Gasteiger partial charge >= 0.3 is 13.1 Å². The normalized spacial score (nSPS) is 32.6. The zero-order valence-corrected chi connectivity index (χ0v) is 10.4. The van der Waals surface area contributed by atoms with Gasteiger partial charge in [0.15, 0.2) is 0 Å². The third-order valence-electron chi connectivity index (χ3n) is 3.84. The number of rotatable bonds is 1. The average Bonchev–Trinajstić information content (AvgIpc) is 2.36. The lowest BCUT2D eigenvalue weighted by Gasteiger charge is -2.32. The molecule has 0 unspecified atom stereocenters. The number of hydrogen-bond donors (Lipinski definition) is 0. The Labute approximate surface area is 96.8 Å². The highest BCUT2D eigenvalue weighted by Gasteiger charge is 2.54. The summed E-state index contributed by atoms with van der Waals surface area (Å²) in [5.74, 6) is -0.0201. The molecule has 0 amide bonds. The van der Waals surface area contributed by atoms with Crippen LogP contribution >= 0.6 is 0 Å². The zero-order valence-electron chi connectivity index (χ0n) is 10.4. The van der Waals surface area contributed by atoms with Crippen LogP contribution in [0, 0.1) is 0 Å². The molecule has 0 saturated carbocycles. The van der Waals surface area contributed by atoms with Crippen LogP contribution in [0.2, 0.25) is 5.82 Å². The molecule has 2 fully saturated rings. The predicted molar refractivity (Wildman–Crippen MR) is 60.0 cm³/mol. The Morgan fingerprint density at radius 2 is 1.75 bits per heavy atom. The summed E-state index contributed by atoms with van der Waals surface area (Å²) >= 11 is 0. The maximum Gasteiger partial charge on any atom is 0.461 e. The molecule has 2 rings (SSSR count). The van der Waals surface area contributed by atoms with Crippen LogP contribution in [0.25, 0.3) is 0 Å². The van der Waals surface area contributed by atoms with Crippen molar-refractivity contribution >= 4 is 13.1 Å². The first kappa shape index (κ1) is 11.9. The molecule has 2 aliphatic rings. The van der Waals surface area contributed by atoms with Crippen molar-refractivity contribution < 1.29 is 18.8 Å². The summed E-state index contributed by atoms with van der Waals surface area (Å²) in [6.07, 6.45) is 1.22. The lowest BCUT2D eigenvalue weighted by Crippen LogP contribution is -2.41. The first-order valence-corrected chi connectivity index (χ1v) is 5.83. The summed E-state index contributed by atoms with van der Waals surface area (Å²) < 4.78 is 16.8. The second kappa shape index (κ2) is 3.74. The quantitative estimate of drug-likeness (QED) is 0.505. The van der Waals surface area contributed by atoms with Gasteiger partial charge in [0.25, 0.3) is 0 Å². The van der Waals surface area contributed by atoms with E-state index in [1.165, 1.54) is 0 Å². The minimum absolute atomic E-state index is 0.127. The van der Waals surface area contributed by atoms with E-state index in [1.807, 2.05) is 27.7 Å². The Morgan fingerprint density at radius 1 is 1.19 bits per heavy atom. The van der Waals surface area contributed by atoms with Gasteiger partial charge in [0.05, 0.1) is 17.8 Å². The zero-order chi connectivity index (χ0) is 12.0. The van der Waals surface area contributed by atoms with Gasteiger partial charge in [-0.2, -0.15) is 0 Å². The number of esters is 1. The largest absolute Gasteiger partial charge is 0.466 e. The van der Waals surface area contributed by atoms with Gasteiger partial charge in [-0.25, -0.2) is 0 Å². The van der Waals surface area contributed by atoms with Crippen LogP contribution in [-0.4, -0.2) is 30.9 Å². The van der Waals surface area contributed by atoms with E-state index in [9.17, 15) is 4.79 Å². The van der Waals surface area contributed by atoms with Gasteiger partial charge in [0.1, 0.15) is 0 Å². The second-order valence-corrected chi connectivity index (χ2v) is 5.60. The SMILES string of the molecule is CC1(C)OB([C@@H]2CCOC(=O)C2)OC1(C)C. The molecule has 0 bridgehead atoms. The van der Waals surface area contributed by atoms with E-state index in [0.717, 1.165) is 6.42 Å². The van der Waals surface area contributed by atoms with E-state index in [2.05, 4.69) is 0 Å². The van der Waals surface area contributed by atoms with Gasteiger partial charge in [-0.1, -0.05) is 0 Å². The van der Waals surface area contributed by atoms with Gasteiger partial charge in [0, 0.05) is 12.2 Å². The highest BCUT2D eigenvalue weighted by atomic mass is 16.7. The van der Waals surface area contributed by atoms with Crippen LogP contribution < -0.4 is 0 Å². The second-order valence-electron chi connectivity index (χ2n) is 5.60. The molecule has 2 heterocycles. The Balaban J connectivity index is 2.05. The van der Waals surface area contributed by atoms with Crippen molar-refractivity contribution in [3.8, 4) is 0 Å². The summed E-state index contributed by atoms with van der Waals surface area (Å²) in [6, 6.07) is 0. The van der Waals surface area contributed by atoms with Crippen molar-refractivity contribution in [1.29, 1.82) is 0 Å². The Hall–Kier alpha value is -0.545. The summed E-state index contributed by atoms with van der Waals surface area (Å²) in [6.45, 7) is 8.57. The maximum absolute atomic E-state index is 11.2. The lowest BCUT2D eigenvalue weighted by atomic mass is 9.67. The fraction of sp³-hybridized carbons (Fsp3) is 0.909. The van der Waals surface area contributed by atoms with Crippen molar-refractivity contribution in [1.82, 2.24) is 0 Å². The molecule has 2 aliphatic heterocycles. The van der Waals surface area contributed by atoms with Gasteiger partial charge in [-0.3, -0.25) is 4.79 Å². The van der Waals surface area contributed by atoms with E-state index in [-0.39, 0.29) is 30.1 Å². The number of hydrogen-bond acceptors (Lipinski definition) is 4. The molecule has 0 N–H and O–H groups in total. The van der Waals surface area contributed by atoms with Gasteiger partial charge < -0.3 is 14.0 Å². The van der Waals surface area contributed by atoms with E-state index >= 15 is 0 Å². The Kier molecular flexibility index (Phi) is 2.79. The van der Waals surface area contributed by atoms with Crippen molar-refractivity contribution in [2.24, 2.45) is 0 Å². The number of carbonyl (C=O) groups excluding carboxylic acids is 1. The average molecular weight is 226 g/mol. The molecular weight excluding hydrogens is 207 g/mol. The Bertz CT molecular complexity index is 284. The standard InChI is InChI=1S/C11H19BO4/c1-10(2)11(3,4)16-12(15-10)8-5-6-14-9(13)7-8/h8H,5-7H2,1-4H3/t8-/m1/s1. The number of cyclic esters (lactones) is 1. The van der Waals surface area contributed by atoms with E-state index in [4.69, 9.17) is 14.0 Å². The third kappa shape index (κ3) is 1.98. The molecule has 0 aromatic rings. The lowest BCUT2D eigenvalue weighted by molar-refractivity contribution is -0.147. The minimum atomic E-state index is -0.320. The molecule has 0 aliphatic carbocycles. The van der Waals surface area contributed by atoms with Gasteiger partial charge in [0.2, 0.25) is 0 Å². The van der Waals surface area contributed by atoms with Crippen LogP contribution in [-0.2, 0) is 18.8 Å². The summed E-state index contributed by atoms with van der Waals surface area (Å²) in [4.78, 5) is 11.2. The number of carbonyl (C=O) groups is 1. The van der Waals surface area contributed by atoms with Crippen LogP contribution in [0.4, 0.5) is 0 Å². The summed E-state index contributed by atoms with van der Waals surface area (Å²) in [5, 5.41) is 0. The van der Waals surface area contributed by atoms with Crippen molar-refractivity contribution in [2.75, 3.05) is 6.61 Å². The van der Waals surface area contributed by atoms with Crippen molar-refractivity contribution in [3.05, 3.63) is 0 Å². The maximum atomic E-state index is 11.2. The molecule has 90 valence electrons. The smallest absolute Gasteiger partial charge is 0.461 e. The fourth-order valence-corrected chi connectivity index (χ4v) is 2.01. The molecule has 4 nitrogen and oxygen atoms in total. The van der Waals surface area contributed by atoms with Crippen LogP contribution in [0.3, 0.4) is 0 Å². The van der Waals surface area contributed by atoms with Crippen molar-refractivity contribution in [2.45, 2.75) is 57.6 Å². The molecule has 5 heteroatoms. The molecule has 0 radical (unpaired) electrons. The monoisotopic (exact) mass is 226 g/mol. The van der Waals surface area contributed by atoms with Gasteiger partial charge in [-0.15, -0.1) is 0 Å². The summed E-state index contributed by atoms with van der Waals surface area (Å²) in [7, 11) is -0.280. The topological polar surface area (TPSA) is 44.8 Å². The molecule has 16 heavy (non-hydrogen) atoms. The summed E-state index contributed by atoms with van der Waals surface area (Å²) in [5.41, 5.74) is -0.641.